The summed E-state index contributed by atoms with van der Waals surface area (Å²) in [7, 11) is 0. The predicted octanol–water partition coefficient (Wildman–Crippen LogP) is 3.11. The van der Waals surface area contributed by atoms with Crippen LogP contribution in [0, 0.1) is 0 Å². The number of phenols is 2. The van der Waals surface area contributed by atoms with Crippen molar-refractivity contribution in [2.24, 2.45) is 0 Å². The van der Waals surface area contributed by atoms with Gasteiger partial charge in [0, 0.05) is 19.0 Å². The smallest absolute Gasteiger partial charge is 0.157 e. The van der Waals surface area contributed by atoms with Crippen molar-refractivity contribution in [2.75, 3.05) is 19.6 Å². The molecule has 1 aliphatic heterocycles. The Bertz CT molecular complexity index is 625. The molecule has 2 N–H and O–H groups in total. The molecule has 0 spiro atoms. The number of nitrogens with zero attached hydrogens (tertiary/aromatic N) is 1. The number of phenolic OH excluding ortho intramolecular Hbond substituents is 2. The van der Waals surface area contributed by atoms with Crippen molar-refractivity contribution in [2.45, 2.75) is 19.3 Å². The second-order valence-corrected chi connectivity index (χ2v) is 5.65. The van der Waals surface area contributed by atoms with Crippen LogP contribution >= 0.6 is 0 Å². The van der Waals surface area contributed by atoms with Gasteiger partial charge in [-0.25, -0.2) is 0 Å². The van der Waals surface area contributed by atoms with E-state index in [1.165, 1.54) is 5.56 Å². The van der Waals surface area contributed by atoms with Gasteiger partial charge in [0.1, 0.15) is 0 Å². The van der Waals surface area contributed by atoms with Crippen molar-refractivity contribution in [1.29, 1.82) is 0 Å². The maximum Gasteiger partial charge on any atom is 0.157 e. The molecule has 0 bridgehead atoms. The van der Waals surface area contributed by atoms with E-state index >= 15 is 0 Å². The molecule has 1 heterocycles. The number of hydrogen-bond acceptors (Lipinski definition) is 3. The highest BCUT2D eigenvalue weighted by molar-refractivity contribution is 5.50. The van der Waals surface area contributed by atoms with E-state index in [-0.39, 0.29) is 17.4 Å². The first-order valence-electron chi connectivity index (χ1n) is 7.51. The molecule has 0 fully saturated rings. The zero-order valence-electron chi connectivity index (χ0n) is 12.3. The van der Waals surface area contributed by atoms with E-state index in [0.717, 1.165) is 37.2 Å². The van der Waals surface area contributed by atoms with Crippen molar-refractivity contribution in [3.63, 3.8) is 0 Å². The molecule has 0 aromatic heterocycles. The molecule has 1 atom stereocenters. The quantitative estimate of drug-likeness (QED) is 0.832. The van der Waals surface area contributed by atoms with E-state index < -0.39 is 0 Å². The van der Waals surface area contributed by atoms with Gasteiger partial charge in [0.25, 0.3) is 0 Å². The van der Waals surface area contributed by atoms with Gasteiger partial charge in [-0.2, -0.15) is 0 Å². The lowest BCUT2D eigenvalue weighted by atomic mass is 9.87. The monoisotopic (exact) mass is 283 g/mol. The molecule has 3 heteroatoms. The second-order valence-electron chi connectivity index (χ2n) is 5.65. The minimum absolute atomic E-state index is 0.0227. The Hall–Kier alpha value is -2.00. The van der Waals surface area contributed by atoms with Gasteiger partial charge in [-0.15, -0.1) is 0 Å². The van der Waals surface area contributed by atoms with Crippen LogP contribution in [0.4, 0.5) is 0 Å². The van der Waals surface area contributed by atoms with Gasteiger partial charge < -0.3 is 15.1 Å². The Kier molecular flexibility index (Phi) is 3.84. The van der Waals surface area contributed by atoms with E-state index in [9.17, 15) is 10.2 Å². The summed E-state index contributed by atoms with van der Waals surface area (Å²) in [6.07, 6.45) is 0.903. The summed E-state index contributed by atoms with van der Waals surface area (Å²) in [5.41, 5.74) is 3.52. The van der Waals surface area contributed by atoms with E-state index in [1.54, 1.807) is 12.1 Å². The van der Waals surface area contributed by atoms with Crippen molar-refractivity contribution in [3.05, 3.63) is 59.2 Å². The topological polar surface area (TPSA) is 43.7 Å². The number of benzene rings is 2. The van der Waals surface area contributed by atoms with Crippen LogP contribution in [0.2, 0.25) is 0 Å². The lowest BCUT2D eigenvalue weighted by Gasteiger charge is -2.24. The SMILES string of the molecule is CCN1CCc2cc(O)c(O)cc2C(c2ccccc2)C1. The van der Waals surface area contributed by atoms with Gasteiger partial charge in [-0.05, 0) is 41.8 Å². The minimum atomic E-state index is -0.0281. The zero-order chi connectivity index (χ0) is 14.8. The first-order valence-corrected chi connectivity index (χ1v) is 7.51. The van der Waals surface area contributed by atoms with E-state index in [4.69, 9.17) is 0 Å². The van der Waals surface area contributed by atoms with Crippen molar-refractivity contribution in [3.8, 4) is 11.5 Å². The third-order valence-corrected chi connectivity index (χ3v) is 4.40. The van der Waals surface area contributed by atoms with Crippen molar-refractivity contribution >= 4 is 0 Å². The molecule has 0 aliphatic carbocycles. The largest absolute Gasteiger partial charge is 0.504 e. The third kappa shape index (κ3) is 2.74. The standard InChI is InChI=1S/C18H21NO2/c1-2-19-9-8-14-10-17(20)18(21)11-15(14)16(12-19)13-6-4-3-5-7-13/h3-7,10-11,16,20-21H,2,8-9,12H2,1H3. The zero-order valence-corrected chi connectivity index (χ0v) is 12.3. The fourth-order valence-corrected chi connectivity index (χ4v) is 3.16. The van der Waals surface area contributed by atoms with Crippen molar-refractivity contribution in [1.82, 2.24) is 4.90 Å². The molecule has 21 heavy (non-hydrogen) atoms. The number of aromatic hydroxyl groups is 2. The van der Waals surface area contributed by atoms with E-state index in [0.29, 0.717) is 0 Å². The van der Waals surface area contributed by atoms with Crippen LogP contribution in [0.5, 0.6) is 11.5 Å². The summed E-state index contributed by atoms with van der Waals surface area (Å²) in [6.45, 7) is 5.11. The van der Waals surface area contributed by atoms with Crippen LogP contribution < -0.4 is 0 Å². The van der Waals surface area contributed by atoms with Gasteiger partial charge in [0.05, 0.1) is 0 Å². The maximum atomic E-state index is 9.89. The fraction of sp³-hybridized carbons (Fsp3) is 0.333. The van der Waals surface area contributed by atoms with Crippen molar-refractivity contribution < 1.29 is 10.2 Å². The van der Waals surface area contributed by atoms with Crippen LogP contribution in [0.3, 0.4) is 0 Å². The third-order valence-electron chi connectivity index (χ3n) is 4.40. The van der Waals surface area contributed by atoms with Crippen LogP contribution in [-0.4, -0.2) is 34.7 Å². The lowest BCUT2D eigenvalue weighted by Crippen LogP contribution is -2.28. The Balaban J connectivity index is 2.10. The molecule has 1 aliphatic rings. The molecule has 0 saturated carbocycles. The molecule has 2 aromatic rings. The summed E-state index contributed by atoms with van der Waals surface area (Å²) in [4.78, 5) is 2.42. The normalized spacial score (nSPS) is 19.0. The molecule has 0 radical (unpaired) electrons. The molecular formula is C18H21NO2. The van der Waals surface area contributed by atoms with E-state index in [2.05, 4.69) is 36.1 Å². The summed E-state index contributed by atoms with van der Waals surface area (Å²) >= 11 is 0. The highest BCUT2D eigenvalue weighted by Gasteiger charge is 2.25. The molecule has 0 saturated heterocycles. The minimum Gasteiger partial charge on any atom is -0.504 e. The Morgan fingerprint density at radius 1 is 1.10 bits per heavy atom. The van der Waals surface area contributed by atoms with Crippen LogP contribution in [0.15, 0.2) is 42.5 Å². The Labute approximate surface area is 125 Å². The van der Waals surface area contributed by atoms with Gasteiger partial charge in [-0.3, -0.25) is 0 Å². The number of rotatable bonds is 2. The second kappa shape index (κ2) is 5.78. The molecule has 2 aromatic carbocycles. The average Bonchev–Trinajstić information content (AvgIpc) is 2.68. The van der Waals surface area contributed by atoms with Crippen LogP contribution in [0.25, 0.3) is 0 Å². The summed E-state index contributed by atoms with van der Waals surface area (Å²) in [5.74, 6) is 0.181. The molecule has 0 amide bonds. The number of hydrogen-bond donors (Lipinski definition) is 2. The summed E-state index contributed by atoms with van der Waals surface area (Å²) in [5, 5.41) is 19.7. The molecule has 3 nitrogen and oxygen atoms in total. The van der Waals surface area contributed by atoms with Crippen LogP contribution in [0.1, 0.15) is 29.5 Å². The lowest BCUT2D eigenvalue weighted by molar-refractivity contribution is 0.291. The maximum absolute atomic E-state index is 9.89. The van der Waals surface area contributed by atoms with E-state index in [1.807, 2.05) is 6.07 Å². The molecular weight excluding hydrogens is 262 g/mol. The summed E-state index contributed by atoms with van der Waals surface area (Å²) < 4.78 is 0. The molecule has 110 valence electrons. The molecule has 1 unspecified atom stereocenters. The Morgan fingerprint density at radius 3 is 2.52 bits per heavy atom. The van der Waals surface area contributed by atoms with Gasteiger partial charge >= 0.3 is 0 Å². The van der Waals surface area contributed by atoms with Gasteiger partial charge in [0.15, 0.2) is 11.5 Å². The van der Waals surface area contributed by atoms with Gasteiger partial charge in [0.2, 0.25) is 0 Å². The number of likely N-dealkylation sites (N-methyl/N-ethyl adjacent to an activating group) is 1. The highest BCUT2D eigenvalue weighted by atomic mass is 16.3. The number of fused-ring (bicyclic) bond motifs is 1. The fourth-order valence-electron chi connectivity index (χ4n) is 3.16. The predicted molar refractivity (Wildman–Crippen MR) is 83.9 cm³/mol. The van der Waals surface area contributed by atoms with Gasteiger partial charge in [-0.1, -0.05) is 37.3 Å². The average molecular weight is 283 g/mol. The first kappa shape index (κ1) is 14.0. The Morgan fingerprint density at radius 2 is 1.81 bits per heavy atom. The van der Waals surface area contributed by atoms with Crippen LogP contribution in [-0.2, 0) is 6.42 Å². The highest BCUT2D eigenvalue weighted by Crippen LogP contribution is 2.37. The first-order chi connectivity index (χ1) is 10.2. The summed E-state index contributed by atoms with van der Waals surface area (Å²) in [6, 6.07) is 13.9. The molecule has 3 rings (SSSR count).